The van der Waals surface area contributed by atoms with Gasteiger partial charge in [-0.2, -0.15) is 26.3 Å². The van der Waals surface area contributed by atoms with Crippen LogP contribution in [0.1, 0.15) is 16.8 Å². The van der Waals surface area contributed by atoms with Crippen LogP contribution in [0.15, 0.2) is 6.20 Å². The van der Waals surface area contributed by atoms with Crippen LogP contribution in [0.25, 0.3) is 0 Å². The van der Waals surface area contributed by atoms with E-state index < -0.39 is 34.0 Å². The number of alkyl halides is 6. The van der Waals surface area contributed by atoms with Crippen molar-refractivity contribution in [2.75, 3.05) is 0 Å². The molecule has 0 spiro atoms. The Balaban J connectivity index is 2.88. The van der Waals surface area contributed by atoms with E-state index in [1.807, 2.05) is 0 Å². The smallest absolute Gasteiger partial charge is 0.254 e. The van der Waals surface area contributed by atoms with Crippen molar-refractivity contribution in [1.29, 1.82) is 0 Å². The van der Waals surface area contributed by atoms with Gasteiger partial charge in [-0.15, -0.1) is 0 Å². The fourth-order valence-corrected chi connectivity index (χ4v) is 1.87. The van der Waals surface area contributed by atoms with E-state index in [4.69, 9.17) is 11.6 Å². The Morgan fingerprint density at radius 1 is 1.06 bits per heavy atom. The van der Waals surface area contributed by atoms with Crippen molar-refractivity contribution in [1.82, 2.24) is 4.98 Å². The van der Waals surface area contributed by atoms with Crippen molar-refractivity contribution in [2.45, 2.75) is 24.7 Å². The first kappa shape index (κ1) is 12.5. The molecule has 0 amide bonds. The third-order valence-corrected chi connectivity index (χ3v) is 3.08. The van der Waals surface area contributed by atoms with E-state index in [0.717, 1.165) is 6.20 Å². The molecule has 0 saturated heterocycles. The quantitative estimate of drug-likeness (QED) is 0.655. The molecule has 0 N–H and O–H groups in total. The average Bonchev–Trinajstić information content (AvgIpc) is 2.29. The van der Waals surface area contributed by atoms with Gasteiger partial charge in [0, 0.05) is 6.20 Å². The van der Waals surface area contributed by atoms with Gasteiger partial charge in [-0.25, -0.2) is 0 Å². The Morgan fingerprint density at radius 2 is 1.59 bits per heavy atom. The first-order valence-electron chi connectivity index (χ1n) is 4.34. The first-order chi connectivity index (χ1) is 7.55. The normalized spacial score (nSPS) is 23.5. The summed E-state index contributed by atoms with van der Waals surface area (Å²) in [6, 6.07) is 0. The molecule has 1 aliphatic rings. The molecule has 17 heavy (non-hydrogen) atoms. The van der Waals surface area contributed by atoms with Crippen molar-refractivity contribution < 1.29 is 26.3 Å². The third kappa shape index (κ3) is 1.20. The zero-order chi connectivity index (χ0) is 13.2. The van der Waals surface area contributed by atoms with Crippen molar-refractivity contribution in [2.24, 2.45) is 0 Å². The molecule has 0 fully saturated rings. The van der Waals surface area contributed by atoms with Gasteiger partial charge < -0.3 is 0 Å². The molecular formula is C9H4ClF6N. The predicted molar refractivity (Wildman–Crippen MR) is 46.7 cm³/mol. The van der Waals surface area contributed by atoms with Crippen LogP contribution in [-0.4, -0.2) is 10.9 Å². The van der Waals surface area contributed by atoms with Gasteiger partial charge >= 0.3 is 17.8 Å². The van der Waals surface area contributed by atoms with Crippen LogP contribution in [0, 0.1) is 6.92 Å². The second-order valence-electron chi connectivity index (χ2n) is 3.70. The fourth-order valence-electron chi connectivity index (χ4n) is 1.61. The summed E-state index contributed by atoms with van der Waals surface area (Å²) < 4.78 is 78.9. The molecule has 1 heterocycles. The van der Waals surface area contributed by atoms with E-state index in [9.17, 15) is 26.3 Å². The van der Waals surface area contributed by atoms with E-state index >= 15 is 0 Å². The van der Waals surface area contributed by atoms with Crippen molar-refractivity contribution in [3.8, 4) is 0 Å². The molecule has 0 radical (unpaired) electrons. The van der Waals surface area contributed by atoms with Gasteiger partial charge in [-0.3, -0.25) is 4.98 Å². The molecule has 0 bridgehead atoms. The summed E-state index contributed by atoms with van der Waals surface area (Å²) >= 11 is 5.39. The highest BCUT2D eigenvalue weighted by Crippen LogP contribution is 2.63. The molecule has 2 rings (SSSR count). The Bertz CT molecular complexity index is 499. The van der Waals surface area contributed by atoms with Gasteiger partial charge in [-0.1, -0.05) is 11.6 Å². The van der Waals surface area contributed by atoms with Crippen LogP contribution in [0.2, 0.25) is 5.02 Å². The summed E-state index contributed by atoms with van der Waals surface area (Å²) in [6.45, 7) is 1.21. The van der Waals surface area contributed by atoms with Crippen LogP contribution in [-0.2, 0) is 11.8 Å². The van der Waals surface area contributed by atoms with E-state index in [2.05, 4.69) is 4.98 Å². The van der Waals surface area contributed by atoms with Gasteiger partial charge in [-0.05, 0) is 12.5 Å². The van der Waals surface area contributed by atoms with Crippen LogP contribution in [0.4, 0.5) is 26.3 Å². The highest BCUT2D eigenvalue weighted by molar-refractivity contribution is 6.32. The molecule has 1 aromatic rings. The minimum absolute atomic E-state index is 0.0707. The summed E-state index contributed by atoms with van der Waals surface area (Å²) in [5, 5.41) is -0.808. The van der Waals surface area contributed by atoms with Gasteiger partial charge in [0.15, 0.2) is 0 Å². The van der Waals surface area contributed by atoms with Gasteiger partial charge in [0.2, 0.25) is 0 Å². The number of rotatable bonds is 0. The summed E-state index contributed by atoms with van der Waals surface area (Å²) in [5.74, 6) is -15.6. The molecule has 0 aromatic carbocycles. The first-order valence-corrected chi connectivity index (χ1v) is 4.72. The molecule has 94 valence electrons. The highest BCUT2D eigenvalue weighted by atomic mass is 35.5. The minimum Gasteiger partial charge on any atom is -0.254 e. The van der Waals surface area contributed by atoms with Crippen molar-refractivity contribution in [3.05, 3.63) is 28.0 Å². The largest absolute Gasteiger partial charge is 0.382 e. The number of halogens is 7. The number of aromatic nitrogens is 1. The number of nitrogens with zero attached hydrogens (tertiary/aromatic N) is 1. The van der Waals surface area contributed by atoms with Crippen LogP contribution < -0.4 is 0 Å². The SMILES string of the molecule is Cc1cnc2c(c1Cl)C(F)(F)C(F)(F)C2(F)F. The zero-order valence-corrected chi connectivity index (χ0v) is 8.93. The second kappa shape index (κ2) is 3.07. The van der Waals surface area contributed by atoms with Crippen molar-refractivity contribution in [3.63, 3.8) is 0 Å². The minimum atomic E-state index is -5.53. The lowest BCUT2D eigenvalue weighted by molar-refractivity contribution is -0.303. The lowest BCUT2D eigenvalue weighted by Crippen LogP contribution is -2.43. The summed E-state index contributed by atoms with van der Waals surface area (Å²) in [7, 11) is 0. The van der Waals surface area contributed by atoms with Gasteiger partial charge in [0.05, 0.1) is 10.6 Å². The van der Waals surface area contributed by atoms with Crippen LogP contribution in [0.5, 0.6) is 0 Å². The highest BCUT2D eigenvalue weighted by Gasteiger charge is 2.80. The zero-order valence-electron chi connectivity index (χ0n) is 8.17. The molecule has 1 aliphatic carbocycles. The lowest BCUT2D eigenvalue weighted by atomic mass is 10.1. The predicted octanol–water partition coefficient (Wildman–Crippen LogP) is 3.88. The molecule has 0 atom stereocenters. The maximum atomic E-state index is 13.3. The number of hydrogen-bond acceptors (Lipinski definition) is 1. The summed E-state index contributed by atoms with van der Waals surface area (Å²) in [5.41, 5.74) is -3.32. The molecule has 0 aliphatic heterocycles. The maximum absolute atomic E-state index is 13.3. The Kier molecular flexibility index (Phi) is 2.25. The Labute approximate surface area is 96.4 Å². The summed E-state index contributed by atoms with van der Waals surface area (Å²) in [4.78, 5) is 2.97. The van der Waals surface area contributed by atoms with Gasteiger partial charge in [0.1, 0.15) is 5.69 Å². The van der Waals surface area contributed by atoms with Gasteiger partial charge in [0.25, 0.3) is 0 Å². The maximum Gasteiger partial charge on any atom is 0.382 e. The fraction of sp³-hybridized carbons (Fsp3) is 0.444. The van der Waals surface area contributed by atoms with E-state index in [1.54, 1.807) is 0 Å². The molecular weight excluding hydrogens is 272 g/mol. The van der Waals surface area contributed by atoms with Crippen LogP contribution in [0.3, 0.4) is 0 Å². The number of hydrogen-bond donors (Lipinski definition) is 0. The summed E-state index contributed by atoms with van der Waals surface area (Å²) in [6.07, 6.45) is 0.757. The molecule has 0 unspecified atom stereocenters. The number of aryl methyl sites for hydroxylation is 1. The van der Waals surface area contributed by atoms with E-state index in [-0.39, 0.29) is 5.56 Å². The number of fused-ring (bicyclic) bond motifs is 1. The molecule has 0 saturated carbocycles. The third-order valence-electron chi connectivity index (χ3n) is 2.59. The monoisotopic (exact) mass is 275 g/mol. The van der Waals surface area contributed by atoms with Crippen LogP contribution >= 0.6 is 11.6 Å². The lowest BCUT2D eigenvalue weighted by Gasteiger charge is -2.23. The number of pyridine rings is 1. The Morgan fingerprint density at radius 3 is 2.12 bits per heavy atom. The Hall–Kier alpha value is -0.980. The average molecular weight is 276 g/mol. The standard InChI is InChI=1S/C9H4ClF6N/c1-3-2-17-6-4(5(3)10)7(11,12)9(15,16)8(6,13)14/h2H,1H3. The van der Waals surface area contributed by atoms with E-state index in [1.165, 1.54) is 6.92 Å². The topological polar surface area (TPSA) is 12.9 Å². The molecule has 1 aromatic heterocycles. The van der Waals surface area contributed by atoms with E-state index in [0.29, 0.717) is 0 Å². The second-order valence-corrected chi connectivity index (χ2v) is 4.08. The molecule has 8 heteroatoms. The van der Waals surface area contributed by atoms with Crippen molar-refractivity contribution >= 4 is 11.6 Å². The molecule has 1 nitrogen and oxygen atoms in total.